The lowest BCUT2D eigenvalue weighted by Gasteiger charge is -2.33. The molecule has 0 aliphatic rings. The van der Waals surface area contributed by atoms with Crippen LogP contribution in [0, 0.1) is 13.8 Å². The Morgan fingerprint density at radius 2 is 1.55 bits per heavy atom. The van der Waals surface area contributed by atoms with Gasteiger partial charge in [0.05, 0.1) is 10.6 Å². The highest BCUT2D eigenvalue weighted by molar-refractivity contribution is 7.92. The van der Waals surface area contributed by atoms with E-state index in [9.17, 15) is 18.0 Å². The summed E-state index contributed by atoms with van der Waals surface area (Å²) < 4.78 is 29.0. The minimum atomic E-state index is -4.11. The Morgan fingerprint density at radius 3 is 2.15 bits per heavy atom. The van der Waals surface area contributed by atoms with Crippen molar-refractivity contribution in [3.63, 3.8) is 0 Å². The van der Waals surface area contributed by atoms with E-state index in [1.54, 1.807) is 48.5 Å². The molecule has 3 aromatic carbocycles. The molecule has 0 saturated carbocycles. The molecule has 0 unspecified atom stereocenters. The molecule has 0 fully saturated rings. The predicted molar refractivity (Wildman–Crippen MR) is 161 cm³/mol. The minimum Gasteiger partial charge on any atom is -0.354 e. The normalized spacial score (nSPS) is 12.0. The van der Waals surface area contributed by atoms with Crippen LogP contribution in [0.2, 0.25) is 5.02 Å². The van der Waals surface area contributed by atoms with Gasteiger partial charge in [-0.15, -0.1) is 0 Å². The average Bonchev–Trinajstić information content (AvgIpc) is 2.92. The third-order valence-electron chi connectivity index (χ3n) is 6.62. The summed E-state index contributed by atoms with van der Waals surface area (Å²) in [5.74, 6) is -0.781. The van der Waals surface area contributed by atoms with Crippen molar-refractivity contribution in [3.8, 4) is 0 Å². The summed E-state index contributed by atoms with van der Waals surface area (Å²) in [5.41, 5.74) is 2.78. The van der Waals surface area contributed by atoms with Gasteiger partial charge in [0.25, 0.3) is 10.0 Å². The molecule has 214 valence electrons. The molecular formula is C31H38ClN3O4S. The molecule has 1 N–H and O–H groups in total. The second kappa shape index (κ2) is 14.3. The zero-order valence-electron chi connectivity index (χ0n) is 23.6. The average molecular weight is 584 g/mol. The first kappa shape index (κ1) is 31.2. The summed E-state index contributed by atoms with van der Waals surface area (Å²) in [7, 11) is -4.11. The van der Waals surface area contributed by atoms with E-state index in [2.05, 4.69) is 5.32 Å². The number of anilines is 1. The van der Waals surface area contributed by atoms with Crippen molar-refractivity contribution in [2.24, 2.45) is 0 Å². The van der Waals surface area contributed by atoms with Crippen molar-refractivity contribution < 1.29 is 18.0 Å². The van der Waals surface area contributed by atoms with Crippen LogP contribution in [0.5, 0.6) is 0 Å². The van der Waals surface area contributed by atoms with E-state index in [0.717, 1.165) is 28.3 Å². The molecule has 0 aromatic heterocycles. The molecule has 40 heavy (non-hydrogen) atoms. The second-order valence-electron chi connectivity index (χ2n) is 9.85. The molecule has 0 radical (unpaired) electrons. The van der Waals surface area contributed by atoms with Gasteiger partial charge in [0.1, 0.15) is 12.6 Å². The van der Waals surface area contributed by atoms with Crippen molar-refractivity contribution in [1.29, 1.82) is 0 Å². The SMILES string of the molecule is CCCCNC(=O)[C@H](CC)N(Cc1ccccc1Cl)C(=O)CN(c1cc(C)cc(C)c1)S(=O)(=O)c1ccccc1. The van der Waals surface area contributed by atoms with E-state index in [-0.39, 0.29) is 17.3 Å². The highest BCUT2D eigenvalue weighted by Crippen LogP contribution is 2.27. The number of amides is 2. The van der Waals surface area contributed by atoms with Gasteiger partial charge in [-0.1, -0.05) is 74.3 Å². The van der Waals surface area contributed by atoms with Crippen LogP contribution in [0.4, 0.5) is 5.69 Å². The van der Waals surface area contributed by atoms with Gasteiger partial charge in [0, 0.05) is 18.1 Å². The lowest BCUT2D eigenvalue weighted by atomic mass is 10.1. The first-order chi connectivity index (χ1) is 19.1. The van der Waals surface area contributed by atoms with Gasteiger partial charge >= 0.3 is 0 Å². The Labute approximate surface area is 243 Å². The summed E-state index contributed by atoms with van der Waals surface area (Å²) in [5, 5.41) is 3.39. The van der Waals surface area contributed by atoms with Crippen LogP contribution >= 0.6 is 11.6 Å². The van der Waals surface area contributed by atoms with Crippen LogP contribution in [-0.4, -0.2) is 44.3 Å². The Kier molecular flexibility index (Phi) is 11.2. The highest BCUT2D eigenvalue weighted by Gasteiger charge is 2.34. The van der Waals surface area contributed by atoms with E-state index in [4.69, 9.17) is 11.6 Å². The topological polar surface area (TPSA) is 86.8 Å². The molecule has 1 atom stereocenters. The van der Waals surface area contributed by atoms with Gasteiger partial charge in [0.15, 0.2) is 0 Å². The van der Waals surface area contributed by atoms with Crippen LogP contribution in [0.25, 0.3) is 0 Å². The van der Waals surface area contributed by atoms with Crippen molar-refractivity contribution in [2.75, 3.05) is 17.4 Å². The van der Waals surface area contributed by atoms with E-state index in [1.165, 1.54) is 17.0 Å². The molecule has 3 rings (SSSR count). The minimum absolute atomic E-state index is 0.0598. The zero-order valence-corrected chi connectivity index (χ0v) is 25.1. The number of nitrogens with zero attached hydrogens (tertiary/aromatic N) is 2. The van der Waals surface area contributed by atoms with Gasteiger partial charge in [-0.2, -0.15) is 0 Å². The van der Waals surface area contributed by atoms with E-state index < -0.39 is 28.5 Å². The number of nitrogens with one attached hydrogen (secondary N) is 1. The predicted octanol–water partition coefficient (Wildman–Crippen LogP) is 5.88. The molecule has 9 heteroatoms. The van der Waals surface area contributed by atoms with Gasteiger partial charge < -0.3 is 10.2 Å². The molecular weight excluding hydrogens is 546 g/mol. The molecule has 3 aromatic rings. The van der Waals surface area contributed by atoms with E-state index in [1.807, 2.05) is 39.8 Å². The molecule has 0 spiro atoms. The summed E-state index contributed by atoms with van der Waals surface area (Å²) in [6, 6.07) is 19.8. The van der Waals surface area contributed by atoms with E-state index in [0.29, 0.717) is 29.2 Å². The molecule has 0 aliphatic carbocycles. The van der Waals surface area contributed by atoms with Crippen LogP contribution in [-0.2, 0) is 26.2 Å². The fourth-order valence-electron chi connectivity index (χ4n) is 4.58. The quantitative estimate of drug-likeness (QED) is 0.255. The standard InChI is InChI=1S/C31H38ClN3O4S/c1-5-7-17-33-31(37)29(6-2)34(21-25-13-11-12-16-28(25)32)30(36)22-35(26-19-23(3)18-24(4)20-26)40(38,39)27-14-9-8-10-15-27/h8-16,18-20,29H,5-7,17,21-22H2,1-4H3,(H,33,37)/t29-/m0/s1. The molecule has 0 bridgehead atoms. The fourth-order valence-corrected chi connectivity index (χ4v) is 6.19. The van der Waals surface area contributed by atoms with Gasteiger partial charge in [-0.25, -0.2) is 8.42 Å². The van der Waals surface area contributed by atoms with Crippen LogP contribution in [0.3, 0.4) is 0 Å². The first-order valence-electron chi connectivity index (χ1n) is 13.5. The zero-order chi connectivity index (χ0) is 29.3. The van der Waals surface area contributed by atoms with Crippen molar-refractivity contribution in [1.82, 2.24) is 10.2 Å². The van der Waals surface area contributed by atoms with Gasteiger partial charge in [0.2, 0.25) is 11.8 Å². The number of unbranched alkanes of at least 4 members (excludes halogenated alkanes) is 1. The molecule has 0 aliphatic heterocycles. The molecule has 0 saturated heterocycles. The molecule has 7 nitrogen and oxygen atoms in total. The largest absolute Gasteiger partial charge is 0.354 e. The number of rotatable bonds is 13. The lowest BCUT2D eigenvalue weighted by molar-refractivity contribution is -0.140. The Hall–Kier alpha value is -3.36. The van der Waals surface area contributed by atoms with Crippen molar-refractivity contribution >= 4 is 39.1 Å². The third-order valence-corrected chi connectivity index (χ3v) is 8.78. The Balaban J connectivity index is 2.07. The number of hydrogen-bond acceptors (Lipinski definition) is 4. The van der Waals surface area contributed by atoms with Crippen LogP contribution in [0.1, 0.15) is 49.8 Å². The second-order valence-corrected chi connectivity index (χ2v) is 12.1. The van der Waals surface area contributed by atoms with Crippen LogP contribution in [0.15, 0.2) is 77.7 Å². The number of carbonyl (C=O) groups is 2. The number of hydrogen-bond donors (Lipinski definition) is 1. The molecule has 2 amide bonds. The monoisotopic (exact) mass is 583 g/mol. The highest BCUT2D eigenvalue weighted by atomic mass is 35.5. The molecule has 0 heterocycles. The third kappa shape index (κ3) is 7.86. The Bertz CT molecular complexity index is 1390. The Morgan fingerprint density at radius 1 is 0.925 bits per heavy atom. The number of aryl methyl sites for hydroxylation is 2. The number of halogens is 1. The maximum atomic E-state index is 14.1. The smallest absolute Gasteiger partial charge is 0.264 e. The lowest BCUT2D eigenvalue weighted by Crippen LogP contribution is -2.52. The van der Waals surface area contributed by atoms with Gasteiger partial charge in [-0.3, -0.25) is 13.9 Å². The van der Waals surface area contributed by atoms with Crippen molar-refractivity contribution in [3.05, 3.63) is 94.5 Å². The summed E-state index contributed by atoms with van der Waals surface area (Å²) >= 11 is 6.45. The maximum Gasteiger partial charge on any atom is 0.264 e. The van der Waals surface area contributed by atoms with E-state index >= 15 is 0 Å². The van der Waals surface area contributed by atoms with Crippen LogP contribution < -0.4 is 9.62 Å². The summed E-state index contributed by atoms with van der Waals surface area (Å²) in [6.45, 7) is 7.70. The maximum absolute atomic E-state index is 14.1. The van der Waals surface area contributed by atoms with Gasteiger partial charge in [-0.05, 0) is 73.7 Å². The number of carbonyl (C=O) groups excluding carboxylic acids is 2. The summed E-state index contributed by atoms with van der Waals surface area (Å²) in [6.07, 6.45) is 2.08. The fraction of sp³-hybridized carbons (Fsp3) is 0.355. The van der Waals surface area contributed by atoms with Crippen molar-refractivity contribution in [2.45, 2.75) is 64.4 Å². The first-order valence-corrected chi connectivity index (χ1v) is 15.4. The summed E-state index contributed by atoms with van der Waals surface area (Å²) in [4.78, 5) is 28.9. The number of sulfonamides is 1. The number of benzene rings is 3.